The Morgan fingerprint density at radius 3 is 2.42 bits per heavy atom. The number of halogens is 1. The highest BCUT2D eigenvalue weighted by Gasteiger charge is 2.09. The van der Waals surface area contributed by atoms with E-state index in [1.807, 2.05) is 18.2 Å². The second-order valence-corrected chi connectivity index (χ2v) is 5.68. The molecule has 0 radical (unpaired) electrons. The molecule has 0 heterocycles. The Morgan fingerprint density at radius 2 is 1.74 bits per heavy atom. The zero-order chi connectivity index (χ0) is 13.7. The first-order chi connectivity index (χ1) is 9.20. The molecule has 0 aromatic heterocycles. The van der Waals surface area contributed by atoms with E-state index >= 15 is 0 Å². The fourth-order valence-electron chi connectivity index (χ4n) is 1.98. The SMILES string of the molecule is CC[C@H](C)c1ccccc1OCc1ccc(Br)cc1. The van der Waals surface area contributed by atoms with Crippen LogP contribution in [0, 0.1) is 0 Å². The van der Waals surface area contributed by atoms with Crippen molar-refractivity contribution in [3.05, 3.63) is 64.1 Å². The minimum absolute atomic E-state index is 0.529. The lowest BCUT2D eigenvalue weighted by molar-refractivity contribution is 0.301. The van der Waals surface area contributed by atoms with E-state index < -0.39 is 0 Å². The summed E-state index contributed by atoms with van der Waals surface area (Å²) in [5.74, 6) is 1.53. The summed E-state index contributed by atoms with van der Waals surface area (Å²) >= 11 is 3.44. The third-order valence-corrected chi connectivity index (χ3v) is 3.90. The summed E-state index contributed by atoms with van der Waals surface area (Å²) in [4.78, 5) is 0. The monoisotopic (exact) mass is 318 g/mol. The Bertz CT molecular complexity index is 519. The Labute approximate surface area is 123 Å². The van der Waals surface area contributed by atoms with Crippen LogP contribution in [0.5, 0.6) is 5.75 Å². The second-order valence-electron chi connectivity index (χ2n) is 4.76. The molecule has 0 amide bonds. The van der Waals surface area contributed by atoms with Crippen molar-refractivity contribution in [2.75, 3.05) is 0 Å². The first kappa shape index (κ1) is 14.1. The van der Waals surface area contributed by atoms with Crippen molar-refractivity contribution in [2.24, 2.45) is 0 Å². The highest BCUT2D eigenvalue weighted by molar-refractivity contribution is 9.10. The van der Waals surface area contributed by atoms with E-state index in [4.69, 9.17) is 4.74 Å². The first-order valence-electron chi connectivity index (χ1n) is 6.67. The van der Waals surface area contributed by atoms with E-state index in [-0.39, 0.29) is 0 Å². The van der Waals surface area contributed by atoms with Gasteiger partial charge in [0.05, 0.1) is 0 Å². The van der Waals surface area contributed by atoms with Gasteiger partial charge in [0.2, 0.25) is 0 Å². The molecule has 100 valence electrons. The zero-order valence-electron chi connectivity index (χ0n) is 11.4. The molecule has 19 heavy (non-hydrogen) atoms. The lowest BCUT2D eigenvalue weighted by Gasteiger charge is -2.15. The third-order valence-electron chi connectivity index (χ3n) is 3.37. The van der Waals surface area contributed by atoms with E-state index in [9.17, 15) is 0 Å². The predicted molar refractivity (Wildman–Crippen MR) is 83.6 cm³/mol. The maximum atomic E-state index is 5.97. The van der Waals surface area contributed by atoms with Crippen LogP contribution in [-0.4, -0.2) is 0 Å². The number of para-hydroxylation sites is 1. The fourth-order valence-corrected chi connectivity index (χ4v) is 2.25. The van der Waals surface area contributed by atoms with Crippen LogP contribution in [0.4, 0.5) is 0 Å². The summed E-state index contributed by atoms with van der Waals surface area (Å²) in [7, 11) is 0. The maximum Gasteiger partial charge on any atom is 0.123 e. The van der Waals surface area contributed by atoms with Crippen molar-refractivity contribution in [2.45, 2.75) is 32.8 Å². The van der Waals surface area contributed by atoms with Gasteiger partial charge in [0.1, 0.15) is 12.4 Å². The van der Waals surface area contributed by atoms with Crippen LogP contribution in [0.1, 0.15) is 37.3 Å². The molecule has 0 saturated heterocycles. The first-order valence-corrected chi connectivity index (χ1v) is 7.46. The molecule has 0 aliphatic carbocycles. The molecule has 1 nitrogen and oxygen atoms in total. The molecule has 2 rings (SSSR count). The summed E-state index contributed by atoms with van der Waals surface area (Å²) < 4.78 is 7.06. The van der Waals surface area contributed by atoms with Crippen molar-refractivity contribution in [3.8, 4) is 5.75 Å². The van der Waals surface area contributed by atoms with E-state index in [1.165, 1.54) is 11.1 Å². The quantitative estimate of drug-likeness (QED) is 0.703. The standard InChI is InChI=1S/C17H19BrO/c1-3-13(2)16-6-4-5-7-17(16)19-12-14-8-10-15(18)11-9-14/h4-11,13H,3,12H2,1-2H3/t13-/m0/s1. The summed E-state index contributed by atoms with van der Waals surface area (Å²) in [5.41, 5.74) is 2.48. The molecule has 0 spiro atoms. The van der Waals surface area contributed by atoms with Crippen molar-refractivity contribution in [1.82, 2.24) is 0 Å². The average Bonchev–Trinajstić information content (AvgIpc) is 2.46. The smallest absolute Gasteiger partial charge is 0.123 e. The molecule has 0 saturated carbocycles. The highest BCUT2D eigenvalue weighted by atomic mass is 79.9. The minimum atomic E-state index is 0.529. The highest BCUT2D eigenvalue weighted by Crippen LogP contribution is 2.29. The normalized spacial score (nSPS) is 12.2. The molecule has 0 aliphatic heterocycles. The Hall–Kier alpha value is -1.28. The van der Waals surface area contributed by atoms with E-state index in [0.29, 0.717) is 12.5 Å². The van der Waals surface area contributed by atoms with Gasteiger partial charge >= 0.3 is 0 Å². The Kier molecular flexibility index (Phi) is 5.03. The van der Waals surface area contributed by atoms with Gasteiger partial charge in [0.15, 0.2) is 0 Å². The van der Waals surface area contributed by atoms with Gasteiger partial charge in [0, 0.05) is 4.47 Å². The topological polar surface area (TPSA) is 9.23 Å². The number of ether oxygens (including phenoxy) is 1. The van der Waals surface area contributed by atoms with Crippen molar-refractivity contribution >= 4 is 15.9 Å². The summed E-state index contributed by atoms with van der Waals surface area (Å²) in [6.07, 6.45) is 1.12. The summed E-state index contributed by atoms with van der Waals surface area (Å²) in [6, 6.07) is 16.6. The molecule has 2 aromatic carbocycles. The van der Waals surface area contributed by atoms with Crippen LogP contribution in [0.25, 0.3) is 0 Å². The van der Waals surface area contributed by atoms with Crippen molar-refractivity contribution in [3.63, 3.8) is 0 Å². The van der Waals surface area contributed by atoms with Gasteiger partial charge in [0.25, 0.3) is 0 Å². The predicted octanol–water partition coefficient (Wildman–Crippen LogP) is 5.54. The molecule has 0 bridgehead atoms. The van der Waals surface area contributed by atoms with Gasteiger partial charge in [-0.05, 0) is 41.7 Å². The molecular formula is C17H19BrO. The van der Waals surface area contributed by atoms with Gasteiger partial charge in [-0.1, -0.05) is 60.1 Å². The van der Waals surface area contributed by atoms with Crippen LogP contribution in [0.2, 0.25) is 0 Å². The molecule has 0 N–H and O–H groups in total. The number of hydrogen-bond donors (Lipinski definition) is 0. The molecule has 0 fully saturated rings. The molecule has 0 aliphatic rings. The molecule has 2 aromatic rings. The largest absolute Gasteiger partial charge is 0.489 e. The third kappa shape index (κ3) is 3.84. The molecule has 2 heteroatoms. The van der Waals surface area contributed by atoms with Crippen LogP contribution in [0.3, 0.4) is 0 Å². The zero-order valence-corrected chi connectivity index (χ0v) is 13.0. The summed E-state index contributed by atoms with van der Waals surface area (Å²) in [5, 5.41) is 0. The Morgan fingerprint density at radius 1 is 1.05 bits per heavy atom. The van der Waals surface area contributed by atoms with E-state index in [0.717, 1.165) is 16.6 Å². The fraction of sp³-hybridized carbons (Fsp3) is 0.294. The Balaban J connectivity index is 2.09. The van der Waals surface area contributed by atoms with Crippen LogP contribution in [0.15, 0.2) is 53.0 Å². The van der Waals surface area contributed by atoms with Crippen molar-refractivity contribution in [1.29, 1.82) is 0 Å². The number of hydrogen-bond acceptors (Lipinski definition) is 1. The van der Waals surface area contributed by atoms with Gasteiger partial charge in [-0.15, -0.1) is 0 Å². The van der Waals surface area contributed by atoms with Gasteiger partial charge < -0.3 is 4.74 Å². The minimum Gasteiger partial charge on any atom is -0.489 e. The molecule has 0 unspecified atom stereocenters. The lowest BCUT2D eigenvalue weighted by Crippen LogP contribution is -2.00. The van der Waals surface area contributed by atoms with Crippen molar-refractivity contribution < 1.29 is 4.74 Å². The maximum absolute atomic E-state index is 5.97. The van der Waals surface area contributed by atoms with Gasteiger partial charge in [-0.2, -0.15) is 0 Å². The number of rotatable bonds is 5. The van der Waals surface area contributed by atoms with E-state index in [2.05, 4.69) is 60.1 Å². The van der Waals surface area contributed by atoms with Gasteiger partial charge in [-0.3, -0.25) is 0 Å². The van der Waals surface area contributed by atoms with Crippen LogP contribution >= 0.6 is 15.9 Å². The number of benzene rings is 2. The molecular weight excluding hydrogens is 300 g/mol. The average molecular weight is 319 g/mol. The van der Waals surface area contributed by atoms with E-state index in [1.54, 1.807) is 0 Å². The van der Waals surface area contributed by atoms with Gasteiger partial charge in [-0.25, -0.2) is 0 Å². The van der Waals surface area contributed by atoms with Crippen LogP contribution in [-0.2, 0) is 6.61 Å². The van der Waals surface area contributed by atoms with Crippen LogP contribution < -0.4 is 4.74 Å². The lowest BCUT2D eigenvalue weighted by atomic mass is 9.98. The summed E-state index contributed by atoms with van der Waals surface area (Å²) in [6.45, 7) is 5.05. The second kappa shape index (κ2) is 6.76. The molecule has 1 atom stereocenters.